The lowest BCUT2D eigenvalue weighted by atomic mass is 10.3. The van der Waals surface area contributed by atoms with Crippen LogP contribution in [-0.2, 0) is 11.3 Å². The molecule has 4 rings (SSSR count). The maximum atomic E-state index is 12.1. The van der Waals surface area contributed by atoms with Crippen molar-refractivity contribution in [2.24, 2.45) is 4.99 Å². The molecule has 0 saturated heterocycles. The normalized spacial score (nSPS) is 14.1. The zero-order valence-corrected chi connectivity index (χ0v) is 14.5. The highest BCUT2D eigenvalue weighted by Gasteiger charge is 2.17. The van der Waals surface area contributed by atoms with Crippen LogP contribution in [0.1, 0.15) is 11.8 Å². The van der Waals surface area contributed by atoms with E-state index in [-0.39, 0.29) is 12.7 Å². The second-order valence-corrected chi connectivity index (χ2v) is 7.09. The molecule has 0 spiro atoms. The molecule has 7 heteroatoms. The summed E-state index contributed by atoms with van der Waals surface area (Å²) in [6, 6.07) is 7.80. The van der Waals surface area contributed by atoms with E-state index in [1.165, 1.54) is 17.4 Å². The number of carbonyl (C=O) groups is 1. The Labute approximate surface area is 146 Å². The minimum atomic E-state index is -0.266. The number of thiophene rings is 1. The van der Waals surface area contributed by atoms with Gasteiger partial charge < -0.3 is 14.0 Å². The number of aromatic nitrogens is 1. The molecule has 0 N–H and O–H groups in total. The Balaban J connectivity index is 1.74. The largest absolute Gasteiger partial charge is 0.454 e. The maximum Gasteiger partial charge on any atom is 0.272 e. The number of thiazole rings is 1. The average Bonchev–Trinajstić information content (AvgIpc) is 3.29. The van der Waals surface area contributed by atoms with Crippen molar-refractivity contribution in [3.05, 3.63) is 45.4 Å². The Kier molecular flexibility index (Phi) is 3.95. The van der Waals surface area contributed by atoms with Gasteiger partial charge in [0.05, 0.1) is 10.2 Å². The van der Waals surface area contributed by atoms with Gasteiger partial charge in [0.25, 0.3) is 5.91 Å². The molecule has 1 amide bonds. The summed E-state index contributed by atoms with van der Waals surface area (Å²) in [7, 11) is 0. The van der Waals surface area contributed by atoms with Crippen LogP contribution < -0.4 is 14.3 Å². The van der Waals surface area contributed by atoms with E-state index in [9.17, 15) is 4.79 Å². The van der Waals surface area contributed by atoms with E-state index in [0.29, 0.717) is 4.80 Å². The molecule has 0 saturated carbocycles. The zero-order valence-electron chi connectivity index (χ0n) is 12.9. The standard InChI is InChI=1S/C17H14N2O3S2/c1-2-19-12-8-13-14(22-10-21-13)9-15(12)24-17(19)18-16(20)6-5-11-4-3-7-23-11/h3-9H,2,10H2,1H3/b6-5+,18-17?. The highest BCUT2D eigenvalue weighted by atomic mass is 32.1. The third-order valence-electron chi connectivity index (χ3n) is 3.63. The van der Waals surface area contributed by atoms with Crippen molar-refractivity contribution < 1.29 is 14.3 Å². The minimum absolute atomic E-state index is 0.252. The van der Waals surface area contributed by atoms with Crippen LogP contribution in [0.25, 0.3) is 16.3 Å². The Hall–Kier alpha value is -2.38. The summed E-state index contributed by atoms with van der Waals surface area (Å²) in [5.74, 6) is 1.21. The van der Waals surface area contributed by atoms with Gasteiger partial charge in [0.1, 0.15) is 0 Å². The Morgan fingerprint density at radius 2 is 2.21 bits per heavy atom. The number of amides is 1. The SMILES string of the molecule is CCn1c(=NC(=O)/C=C/c2cccs2)sc2cc3c(cc21)OCO3. The molecule has 0 bridgehead atoms. The van der Waals surface area contributed by atoms with Crippen LogP contribution in [0.5, 0.6) is 11.5 Å². The molecule has 0 radical (unpaired) electrons. The van der Waals surface area contributed by atoms with E-state index >= 15 is 0 Å². The third kappa shape index (κ3) is 2.76. The summed E-state index contributed by atoms with van der Waals surface area (Å²) in [4.78, 5) is 18.1. The summed E-state index contributed by atoms with van der Waals surface area (Å²) in [5, 5.41) is 1.97. The lowest BCUT2D eigenvalue weighted by molar-refractivity contribution is -0.113. The van der Waals surface area contributed by atoms with Crippen molar-refractivity contribution in [2.45, 2.75) is 13.5 Å². The fraction of sp³-hybridized carbons (Fsp3) is 0.176. The lowest BCUT2D eigenvalue weighted by Gasteiger charge is -2.01. The van der Waals surface area contributed by atoms with Crippen molar-refractivity contribution >= 4 is 44.9 Å². The van der Waals surface area contributed by atoms with Gasteiger partial charge in [0.15, 0.2) is 16.3 Å². The number of ether oxygens (including phenoxy) is 2. The molecule has 24 heavy (non-hydrogen) atoms. The molecule has 0 fully saturated rings. The van der Waals surface area contributed by atoms with E-state index in [4.69, 9.17) is 9.47 Å². The predicted molar refractivity (Wildman–Crippen MR) is 95.5 cm³/mol. The fourth-order valence-electron chi connectivity index (χ4n) is 2.52. The first-order valence-corrected chi connectivity index (χ1v) is 9.17. The third-order valence-corrected chi connectivity index (χ3v) is 5.51. The van der Waals surface area contributed by atoms with Crippen molar-refractivity contribution in [3.63, 3.8) is 0 Å². The van der Waals surface area contributed by atoms with Gasteiger partial charge >= 0.3 is 0 Å². The van der Waals surface area contributed by atoms with E-state index in [2.05, 4.69) is 4.99 Å². The van der Waals surface area contributed by atoms with E-state index < -0.39 is 0 Å². The molecular formula is C17H14N2O3S2. The summed E-state index contributed by atoms with van der Waals surface area (Å²) < 4.78 is 13.9. The number of hydrogen-bond donors (Lipinski definition) is 0. The van der Waals surface area contributed by atoms with Crippen molar-refractivity contribution in [3.8, 4) is 11.5 Å². The van der Waals surface area contributed by atoms with Gasteiger partial charge in [-0.3, -0.25) is 4.79 Å². The van der Waals surface area contributed by atoms with Crippen LogP contribution in [-0.4, -0.2) is 17.3 Å². The van der Waals surface area contributed by atoms with E-state index in [1.54, 1.807) is 17.4 Å². The number of hydrogen-bond acceptors (Lipinski definition) is 5. The molecule has 1 aliphatic rings. The van der Waals surface area contributed by atoms with Crippen LogP contribution in [0.4, 0.5) is 0 Å². The second kappa shape index (κ2) is 6.26. The summed E-state index contributed by atoms with van der Waals surface area (Å²) in [6.07, 6.45) is 3.29. The van der Waals surface area contributed by atoms with Gasteiger partial charge in [0, 0.05) is 29.6 Å². The number of fused-ring (bicyclic) bond motifs is 2. The number of carbonyl (C=O) groups excluding carboxylic acids is 1. The number of nitrogens with zero attached hydrogens (tertiary/aromatic N) is 2. The van der Waals surface area contributed by atoms with Gasteiger partial charge in [-0.15, -0.1) is 11.3 Å². The molecular weight excluding hydrogens is 344 g/mol. The smallest absolute Gasteiger partial charge is 0.272 e. The van der Waals surface area contributed by atoms with Crippen molar-refractivity contribution in [1.29, 1.82) is 0 Å². The summed E-state index contributed by atoms with van der Waals surface area (Å²) in [5.41, 5.74) is 1.00. The second-order valence-electron chi connectivity index (χ2n) is 5.10. The van der Waals surface area contributed by atoms with Gasteiger partial charge in [-0.05, 0) is 24.4 Å². The number of aryl methyl sites for hydroxylation is 1. The molecule has 3 heterocycles. The first-order chi connectivity index (χ1) is 11.7. The zero-order chi connectivity index (χ0) is 16.5. The van der Waals surface area contributed by atoms with Gasteiger partial charge in [0.2, 0.25) is 6.79 Å². The topological polar surface area (TPSA) is 52.8 Å². The minimum Gasteiger partial charge on any atom is -0.454 e. The van der Waals surface area contributed by atoms with Gasteiger partial charge in [-0.2, -0.15) is 4.99 Å². The molecule has 3 aromatic rings. The van der Waals surface area contributed by atoms with Crippen LogP contribution in [0.15, 0.2) is 40.7 Å². The molecule has 1 aromatic carbocycles. The summed E-state index contributed by atoms with van der Waals surface area (Å²) in [6.45, 7) is 3.00. The van der Waals surface area contributed by atoms with Crippen LogP contribution in [0.3, 0.4) is 0 Å². The quantitative estimate of drug-likeness (QED) is 0.672. The molecule has 1 aliphatic heterocycles. The number of rotatable bonds is 3. The van der Waals surface area contributed by atoms with E-state index in [1.807, 2.05) is 41.1 Å². The Morgan fingerprint density at radius 1 is 1.38 bits per heavy atom. The monoisotopic (exact) mass is 358 g/mol. The Bertz CT molecular complexity index is 997. The molecule has 5 nitrogen and oxygen atoms in total. The van der Waals surface area contributed by atoms with Gasteiger partial charge in [-0.1, -0.05) is 17.4 Å². The van der Waals surface area contributed by atoms with Crippen LogP contribution in [0.2, 0.25) is 0 Å². The predicted octanol–water partition coefficient (Wildman–Crippen LogP) is 3.65. The molecule has 122 valence electrons. The molecule has 2 aromatic heterocycles. The average molecular weight is 358 g/mol. The molecule has 0 unspecified atom stereocenters. The Morgan fingerprint density at radius 3 is 2.96 bits per heavy atom. The highest BCUT2D eigenvalue weighted by molar-refractivity contribution is 7.16. The van der Waals surface area contributed by atoms with Crippen molar-refractivity contribution in [1.82, 2.24) is 4.57 Å². The maximum absolute atomic E-state index is 12.1. The molecule has 0 aliphatic carbocycles. The fourth-order valence-corrected chi connectivity index (χ4v) is 4.25. The molecule has 0 atom stereocenters. The first kappa shape index (κ1) is 15.2. The van der Waals surface area contributed by atoms with Crippen LogP contribution >= 0.6 is 22.7 Å². The van der Waals surface area contributed by atoms with E-state index in [0.717, 1.165) is 33.1 Å². The van der Waals surface area contributed by atoms with Crippen LogP contribution in [0, 0.1) is 0 Å². The van der Waals surface area contributed by atoms with Crippen molar-refractivity contribution in [2.75, 3.05) is 6.79 Å². The van der Waals surface area contributed by atoms with Gasteiger partial charge in [-0.25, -0.2) is 0 Å². The lowest BCUT2D eigenvalue weighted by Crippen LogP contribution is -2.15. The summed E-state index contributed by atoms with van der Waals surface area (Å²) >= 11 is 3.06. The first-order valence-electron chi connectivity index (χ1n) is 7.48. The number of benzene rings is 1. The highest BCUT2D eigenvalue weighted by Crippen LogP contribution is 2.36.